The van der Waals surface area contributed by atoms with Gasteiger partial charge in [0.05, 0.1) is 16.5 Å². The molecule has 0 bridgehead atoms. The SMILES string of the molecule is CC(CN)c1cnc(CC2CCS(=O)(=O)C2)s1. The zero-order chi connectivity index (χ0) is 12.5. The van der Waals surface area contributed by atoms with E-state index in [0.717, 1.165) is 17.8 Å². The van der Waals surface area contributed by atoms with Gasteiger partial charge in [-0.25, -0.2) is 13.4 Å². The highest BCUT2D eigenvalue weighted by molar-refractivity contribution is 7.91. The van der Waals surface area contributed by atoms with Crippen molar-refractivity contribution < 1.29 is 8.42 Å². The van der Waals surface area contributed by atoms with Crippen molar-refractivity contribution in [1.82, 2.24) is 4.98 Å². The molecule has 2 heterocycles. The quantitative estimate of drug-likeness (QED) is 0.895. The minimum atomic E-state index is -2.77. The van der Waals surface area contributed by atoms with Crippen molar-refractivity contribution in [2.75, 3.05) is 18.1 Å². The van der Waals surface area contributed by atoms with E-state index in [2.05, 4.69) is 11.9 Å². The van der Waals surface area contributed by atoms with E-state index in [1.807, 2.05) is 6.20 Å². The monoisotopic (exact) mass is 274 g/mol. The van der Waals surface area contributed by atoms with E-state index in [4.69, 9.17) is 5.73 Å². The summed E-state index contributed by atoms with van der Waals surface area (Å²) in [6.45, 7) is 2.71. The van der Waals surface area contributed by atoms with Gasteiger partial charge < -0.3 is 5.73 Å². The van der Waals surface area contributed by atoms with Crippen molar-refractivity contribution >= 4 is 21.2 Å². The predicted octanol–water partition coefficient (Wildman–Crippen LogP) is 1.18. The molecule has 1 saturated heterocycles. The van der Waals surface area contributed by atoms with Crippen molar-refractivity contribution in [2.24, 2.45) is 11.7 Å². The molecule has 0 saturated carbocycles. The molecule has 96 valence electrons. The number of sulfone groups is 1. The lowest BCUT2D eigenvalue weighted by molar-refractivity contribution is 0.582. The summed E-state index contributed by atoms with van der Waals surface area (Å²) in [5, 5.41) is 1.04. The van der Waals surface area contributed by atoms with Crippen LogP contribution >= 0.6 is 11.3 Å². The van der Waals surface area contributed by atoms with Crippen molar-refractivity contribution in [3.8, 4) is 0 Å². The second-order valence-corrected chi connectivity index (χ2v) is 8.14. The molecule has 1 aliphatic rings. The molecular formula is C11H18N2O2S2. The third-order valence-electron chi connectivity index (χ3n) is 3.20. The summed E-state index contributed by atoms with van der Waals surface area (Å²) in [5.41, 5.74) is 5.61. The summed E-state index contributed by atoms with van der Waals surface area (Å²) in [5.74, 6) is 1.27. The highest BCUT2D eigenvalue weighted by Gasteiger charge is 2.28. The summed E-state index contributed by atoms with van der Waals surface area (Å²) < 4.78 is 22.7. The maximum atomic E-state index is 11.4. The first-order chi connectivity index (χ1) is 8.00. The molecule has 2 N–H and O–H groups in total. The van der Waals surface area contributed by atoms with Crippen LogP contribution in [-0.2, 0) is 16.3 Å². The van der Waals surface area contributed by atoms with E-state index in [0.29, 0.717) is 24.0 Å². The molecule has 0 aromatic carbocycles. The lowest BCUT2D eigenvalue weighted by atomic mass is 10.1. The molecule has 1 aromatic heterocycles. The number of rotatable bonds is 4. The molecule has 17 heavy (non-hydrogen) atoms. The standard InChI is InChI=1S/C11H18N2O2S2/c1-8(5-12)10-6-13-11(16-10)4-9-2-3-17(14,15)7-9/h6,8-9H,2-5,7,12H2,1H3. The van der Waals surface area contributed by atoms with Gasteiger partial charge in [0, 0.05) is 23.4 Å². The third kappa shape index (κ3) is 3.26. The number of nitrogens with zero attached hydrogens (tertiary/aromatic N) is 1. The lowest BCUT2D eigenvalue weighted by Gasteiger charge is -2.04. The molecule has 0 radical (unpaired) electrons. The predicted molar refractivity (Wildman–Crippen MR) is 70.0 cm³/mol. The Labute approximate surface area is 106 Å². The van der Waals surface area contributed by atoms with Crippen LogP contribution in [0.2, 0.25) is 0 Å². The Balaban J connectivity index is 1.98. The zero-order valence-electron chi connectivity index (χ0n) is 9.93. The van der Waals surface area contributed by atoms with Gasteiger partial charge in [0.2, 0.25) is 0 Å². The van der Waals surface area contributed by atoms with E-state index in [-0.39, 0.29) is 5.92 Å². The number of aromatic nitrogens is 1. The Morgan fingerprint density at radius 1 is 1.65 bits per heavy atom. The normalized spacial score (nSPS) is 24.9. The van der Waals surface area contributed by atoms with Crippen molar-refractivity contribution in [1.29, 1.82) is 0 Å². The lowest BCUT2D eigenvalue weighted by Crippen LogP contribution is -2.07. The molecule has 1 aliphatic heterocycles. The molecule has 1 aromatic rings. The average Bonchev–Trinajstić information content (AvgIpc) is 2.85. The molecule has 6 heteroatoms. The first-order valence-electron chi connectivity index (χ1n) is 5.85. The van der Waals surface area contributed by atoms with Crippen molar-refractivity contribution in [2.45, 2.75) is 25.7 Å². The Kier molecular flexibility index (Phi) is 3.85. The third-order valence-corrected chi connectivity index (χ3v) is 6.29. The van der Waals surface area contributed by atoms with Crippen LogP contribution in [0.5, 0.6) is 0 Å². The van der Waals surface area contributed by atoms with Crippen molar-refractivity contribution in [3.05, 3.63) is 16.1 Å². The zero-order valence-corrected chi connectivity index (χ0v) is 11.6. The largest absolute Gasteiger partial charge is 0.330 e. The molecule has 1 fully saturated rings. The van der Waals surface area contributed by atoms with Gasteiger partial charge in [0.15, 0.2) is 9.84 Å². The first kappa shape index (κ1) is 13.0. The Hall–Kier alpha value is -0.460. The van der Waals surface area contributed by atoms with Gasteiger partial charge in [-0.1, -0.05) is 6.92 Å². The summed E-state index contributed by atoms with van der Waals surface area (Å²) in [6.07, 6.45) is 3.45. The average molecular weight is 274 g/mol. The van der Waals surface area contributed by atoms with Gasteiger partial charge in [0.1, 0.15) is 0 Å². The van der Waals surface area contributed by atoms with E-state index in [1.54, 1.807) is 11.3 Å². The van der Waals surface area contributed by atoms with Crippen LogP contribution in [0.4, 0.5) is 0 Å². The first-order valence-corrected chi connectivity index (χ1v) is 8.49. The van der Waals surface area contributed by atoms with Crippen LogP contribution in [-0.4, -0.2) is 31.5 Å². The highest BCUT2D eigenvalue weighted by atomic mass is 32.2. The highest BCUT2D eigenvalue weighted by Crippen LogP contribution is 2.27. The summed E-state index contributed by atoms with van der Waals surface area (Å²) in [7, 11) is -2.77. The van der Waals surface area contributed by atoms with Crippen LogP contribution in [0.3, 0.4) is 0 Å². The molecule has 2 unspecified atom stereocenters. The maximum Gasteiger partial charge on any atom is 0.150 e. The fraction of sp³-hybridized carbons (Fsp3) is 0.727. The second kappa shape index (κ2) is 5.04. The Morgan fingerprint density at radius 3 is 3.00 bits per heavy atom. The fourth-order valence-corrected chi connectivity index (χ4v) is 5.00. The Bertz CT molecular complexity index is 481. The number of thiazole rings is 1. The minimum Gasteiger partial charge on any atom is -0.330 e. The molecule has 2 rings (SSSR count). The molecule has 0 amide bonds. The van der Waals surface area contributed by atoms with Crippen LogP contribution < -0.4 is 5.73 Å². The van der Waals surface area contributed by atoms with Crippen LogP contribution in [0.15, 0.2) is 6.20 Å². The summed E-state index contributed by atoms with van der Waals surface area (Å²) in [6, 6.07) is 0. The molecule has 0 aliphatic carbocycles. The van der Waals surface area contributed by atoms with Gasteiger partial charge in [-0.3, -0.25) is 0 Å². The van der Waals surface area contributed by atoms with Gasteiger partial charge >= 0.3 is 0 Å². The minimum absolute atomic E-state index is 0.257. The summed E-state index contributed by atoms with van der Waals surface area (Å²) in [4.78, 5) is 5.56. The second-order valence-electron chi connectivity index (χ2n) is 4.77. The number of nitrogens with two attached hydrogens (primary N) is 1. The van der Waals surface area contributed by atoms with Gasteiger partial charge in [0.25, 0.3) is 0 Å². The number of hydrogen-bond donors (Lipinski definition) is 1. The number of hydrogen-bond acceptors (Lipinski definition) is 5. The molecule has 4 nitrogen and oxygen atoms in total. The molecule has 0 spiro atoms. The van der Waals surface area contributed by atoms with Gasteiger partial charge in [-0.2, -0.15) is 0 Å². The Morgan fingerprint density at radius 2 is 2.41 bits per heavy atom. The van der Waals surface area contributed by atoms with E-state index in [1.165, 1.54) is 4.88 Å². The fourth-order valence-electron chi connectivity index (χ4n) is 2.04. The van der Waals surface area contributed by atoms with Crippen molar-refractivity contribution in [3.63, 3.8) is 0 Å². The van der Waals surface area contributed by atoms with E-state index in [9.17, 15) is 8.42 Å². The van der Waals surface area contributed by atoms with Crippen LogP contribution in [0.1, 0.15) is 29.1 Å². The van der Waals surface area contributed by atoms with Crippen LogP contribution in [0, 0.1) is 5.92 Å². The van der Waals surface area contributed by atoms with Gasteiger partial charge in [-0.15, -0.1) is 11.3 Å². The van der Waals surface area contributed by atoms with E-state index >= 15 is 0 Å². The van der Waals surface area contributed by atoms with E-state index < -0.39 is 9.84 Å². The van der Waals surface area contributed by atoms with Gasteiger partial charge in [-0.05, 0) is 18.9 Å². The smallest absolute Gasteiger partial charge is 0.150 e. The molecular weight excluding hydrogens is 256 g/mol. The topological polar surface area (TPSA) is 73.0 Å². The summed E-state index contributed by atoms with van der Waals surface area (Å²) >= 11 is 1.67. The maximum absolute atomic E-state index is 11.4. The van der Waals surface area contributed by atoms with Crippen LogP contribution in [0.25, 0.3) is 0 Å². The molecule has 2 atom stereocenters.